The topological polar surface area (TPSA) is 84.0 Å². The maximum absolute atomic E-state index is 13.4. The van der Waals surface area contributed by atoms with Crippen LogP contribution in [0, 0.1) is 0 Å². The normalized spacial score (nSPS) is 19.6. The second kappa shape index (κ2) is 8.46. The largest absolute Gasteiger partial charge is 0.496 e. The highest BCUT2D eigenvalue weighted by molar-refractivity contribution is 6.08. The van der Waals surface area contributed by atoms with E-state index in [0.29, 0.717) is 48.7 Å². The summed E-state index contributed by atoms with van der Waals surface area (Å²) in [6, 6.07) is 20.1. The Labute approximate surface area is 191 Å². The van der Waals surface area contributed by atoms with E-state index < -0.39 is 17.6 Å². The van der Waals surface area contributed by atoms with Gasteiger partial charge in [-0.1, -0.05) is 42.5 Å². The fourth-order valence-electron chi connectivity index (χ4n) is 4.45. The molecule has 0 bridgehead atoms. The van der Waals surface area contributed by atoms with Gasteiger partial charge in [0, 0.05) is 43.6 Å². The predicted molar refractivity (Wildman–Crippen MR) is 123 cm³/mol. The van der Waals surface area contributed by atoms with Crippen LogP contribution in [-0.4, -0.2) is 55.2 Å². The number of rotatable bonds is 4. The zero-order chi connectivity index (χ0) is 22.8. The molecular weight excluding hydrogens is 420 g/mol. The van der Waals surface area contributed by atoms with Crippen LogP contribution in [0.3, 0.4) is 0 Å². The molecule has 2 amide bonds. The number of nitrogens with zero attached hydrogens (tertiary/aromatic N) is 3. The maximum Gasteiger partial charge on any atom is 0.411 e. The highest BCUT2D eigenvalue weighted by Crippen LogP contribution is 2.47. The van der Waals surface area contributed by atoms with E-state index in [2.05, 4.69) is 15.2 Å². The van der Waals surface area contributed by atoms with E-state index in [0.717, 1.165) is 5.82 Å². The lowest BCUT2D eigenvalue weighted by Crippen LogP contribution is -2.52. The van der Waals surface area contributed by atoms with Crippen LogP contribution in [0.25, 0.3) is 0 Å². The van der Waals surface area contributed by atoms with E-state index in [1.807, 2.05) is 36.4 Å². The Morgan fingerprint density at radius 2 is 1.64 bits per heavy atom. The van der Waals surface area contributed by atoms with Crippen LogP contribution in [0.2, 0.25) is 0 Å². The smallest absolute Gasteiger partial charge is 0.411 e. The molecule has 0 radical (unpaired) electrons. The summed E-state index contributed by atoms with van der Waals surface area (Å²) < 4.78 is 11.6. The molecule has 1 aromatic heterocycles. The molecule has 0 saturated carbocycles. The van der Waals surface area contributed by atoms with Crippen molar-refractivity contribution in [2.45, 2.75) is 5.60 Å². The highest BCUT2D eigenvalue weighted by atomic mass is 16.6. The fourth-order valence-corrected chi connectivity index (χ4v) is 4.45. The monoisotopic (exact) mass is 444 g/mol. The third kappa shape index (κ3) is 3.53. The summed E-state index contributed by atoms with van der Waals surface area (Å²) in [5.41, 5.74) is 0.0369. The molecule has 33 heavy (non-hydrogen) atoms. The van der Waals surface area contributed by atoms with Gasteiger partial charge in [-0.25, -0.2) is 9.78 Å². The van der Waals surface area contributed by atoms with Gasteiger partial charge in [-0.2, -0.15) is 0 Å². The Hall–Kier alpha value is -4.07. The first-order valence-corrected chi connectivity index (χ1v) is 10.8. The van der Waals surface area contributed by atoms with Gasteiger partial charge in [0.05, 0.1) is 12.7 Å². The molecular formula is C25H24N4O4. The molecule has 168 valence electrons. The molecule has 1 fully saturated rings. The van der Waals surface area contributed by atoms with Crippen LogP contribution in [-0.2, 0) is 15.1 Å². The Balaban J connectivity index is 1.45. The number of hydrogen-bond donors (Lipinski definition) is 1. The number of pyridine rings is 1. The number of piperazine rings is 1. The minimum Gasteiger partial charge on any atom is -0.496 e. The van der Waals surface area contributed by atoms with Crippen molar-refractivity contribution < 1.29 is 19.1 Å². The van der Waals surface area contributed by atoms with E-state index in [1.165, 1.54) is 7.11 Å². The maximum atomic E-state index is 13.4. The zero-order valence-electron chi connectivity index (χ0n) is 18.2. The summed E-state index contributed by atoms with van der Waals surface area (Å²) in [4.78, 5) is 34.9. The van der Waals surface area contributed by atoms with Gasteiger partial charge < -0.3 is 24.6 Å². The average Bonchev–Trinajstić information content (AvgIpc) is 3.16. The van der Waals surface area contributed by atoms with Crippen molar-refractivity contribution in [3.8, 4) is 5.75 Å². The number of carbonyl (C=O) groups is 2. The van der Waals surface area contributed by atoms with Crippen LogP contribution >= 0.6 is 0 Å². The van der Waals surface area contributed by atoms with Crippen molar-refractivity contribution in [3.63, 3.8) is 0 Å². The Morgan fingerprint density at radius 1 is 0.939 bits per heavy atom. The average molecular weight is 444 g/mol. The van der Waals surface area contributed by atoms with Crippen LogP contribution in [0.1, 0.15) is 11.1 Å². The van der Waals surface area contributed by atoms with Gasteiger partial charge in [0.15, 0.2) is 0 Å². The number of anilines is 2. The number of ether oxygens (including phenoxy) is 2. The molecule has 3 aromatic rings. The lowest BCUT2D eigenvalue weighted by atomic mass is 9.86. The first-order chi connectivity index (χ1) is 16.1. The van der Waals surface area contributed by atoms with Gasteiger partial charge in [0.2, 0.25) is 5.60 Å². The van der Waals surface area contributed by atoms with E-state index in [1.54, 1.807) is 41.4 Å². The Kier molecular flexibility index (Phi) is 5.34. The van der Waals surface area contributed by atoms with Crippen molar-refractivity contribution in [2.75, 3.05) is 43.5 Å². The number of hydrogen-bond acceptors (Lipinski definition) is 6. The number of carbonyl (C=O) groups excluding carboxylic acids is 2. The first kappa shape index (κ1) is 20.8. The van der Waals surface area contributed by atoms with Gasteiger partial charge in [-0.05, 0) is 24.3 Å². The van der Waals surface area contributed by atoms with Crippen molar-refractivity contribution in [1.82, 2.24) is 9.88 Å². The molecule has 2 aliphatic rings. The van der Waals surface area contributed by atoms with Gasteiger partial charge in [0.25, 0.3) is 5.91 Å². The van der Waals surface area contributed by atoms with Crippen LogP contribution in [0.4, 0.5) is 16.3 Å². The number of methoxy groups -OCH3 is 1. The van der Waals surface area contributed by atoms with Crippen LogP contribution in [0.15, 0.2) is 72.9 Å². The molecule has 8 heteroatoms. The molecule has 1 N–H and O–H groups in total. The van der Waals surface area contributed by atoms with E-state index >= 15 is 0 Å². The number of fused-ring (bicyclic) bond motifs is 1. The highest BCUT2D eigenvalue weighted by Gasteiger charge is 2.54. The zero-order valence-corrected chi connectivity index (χ0v) is 18.2. The molecule has 5 rings (SSSR count). The molecule has 8 nitrogen and oxygen atoms in total. The third-order valence-electron chi connectivity index (χ3n) is 6.11. The minimum atomic E-state index is -1.64. The number of amides is 2. The van der Waals surface area contributed by atoms with Crippen molar-refractivity contribution in [1.29, 1.82) is 0 Å². The lowest BCUT2D eigenvalue weighted by molar-refractivity contribution is -0.131. The number of nitrogens with one attached hydrogen (secondary N) is 1. The molecule has 2 aliphatic heterocycles. The Bertz CT molecular complexity index is 1180. The molecule has 1 unspecified atom stereocenters. The standard InChI is InChI=1S/C25H24N4O4/c1-32-21-11-5-3-9-19(21)25(18-8-2-4-10-20(18)27-23(25)30)33-24(31)29-16-14-28(15-17-29)22-12-6-7-13-26-22/h2-13H,14-17H2,1H3,(H,27,30). The van der Waals surface area contributed by atoms with E-state index in [4.69, 9.17) is 9.47 Å². The minimum absolute atomic E-state index is 0.423. The molecule has 3 heterocycles. The van der Waals surface area contributed by atoms with Gasteiger partial charge in [-0.3, -0.25) is 4.79 Å². The molecule has 1 atom stereocenters. The van der Waals surface area contributed by atoms with E-state index in [-0.39, 0.29) is 0 Å². The molecule has 0 spiro atoms. The predicted octanol–water partition coefficient (Wildman–Crippen LogP) is 3.24. The number of aromatic nitrogens is 1. The van der Waals surface area contributed by atoms with Crippen molar-refractivity contribution >= 4 is 23.5 Å². The summed E-state index contributed by atoms with van der Waals surface area (Å²) in [7, 11) is 1.53. The number of benzene rings is 2. The Morgan fingerprint density at radius 3 is 2.36 bits per heavy atom. The second-order valence-electron chi connectivity index (χ2n) is 7.91. The summed E-state index contributed by atoms with van der Waals surface area (Å²) in [6.07, 6.45) is 1.21. The van der Waals surface area contributed by atoms with Crippen LogP contribution in [0.5, 0.6) is 5.75 Å². The number of para-hydroxylation sites is 2. The van der Waals surface area contributed by atoms with Gasteiger partial charge >= 0.3 is 6.09 Å². The molecule has 1 saturated heterocycles. The fraction of sp³-hybridized carbons (Fsp3) is 0.240. The van der Waals surface area contributed by atoms with E-state index in [9.17, 15) is 9.59 Å². The van der Waals surface area contributed by atoms with Crippen LogP contribution < -0.4 is 15.0 Å². The summed E-state index contributed by atoms with van der Waals surface area (Å²) in [5.74, 6) is 0.922. The summed E-state index contributed by atoms with van der Waals surface area (Å²) in [5, 5.41) is 2.87. The van der Waals surface area contributed by atoms with Gasteiger partial charge in [-0.15, -0.1) is 0 Å². The summed E-state index contributed by atoms with van der Waals surface area (Å²) in [6.45, 7) is 2.16. The van der Waals surface area contributed by atoms with Crippen molar-refractivity contribution in [2.24, 2.45) is 0 Å². The molecule has 2 aromatic carbocycles. The SMILES string of the molecule is COc1ccccc1C1(OC(=O)N2CCN(c3ccccn3)CC2)C(=O)Nc2ccccc21. The third-order valence-corrected chi connectivity index (χ3v) is 6.11. The van der Waals surface area contributed by atoms with Gasteiger partial charge in [0.1, 0.15) is 11.6 Å². The lowest BCUT2D eigenvalue weighted by Gasteiger charge is -2.37. The second-order valence-corrected chi connectivity index (χ2v) is 7.91. The quantitative estimate of drug-likeness (QED) is 0.665. The molecule has 0 aliphatic carbocycles. The summed E-state index contributed by atoms with van der Waals surface area (Å²) >= 11 is 0. The first-order valence-electron chi connectivity index (χ1n) is 10.8. The van der Waals surface area contributed by atoms with Crippen molar-refractivity contribution in [3.05, 3.63) is 84.1 Å².